The van der Waals surface area contributed by atoms with Crippen LogP contribution >= 0.6 is 21.6 Å². The normalized spacial score (nSPS) is 16.0. The second-order valence-electron chi connectivity index (χ2n) is 3.41. The lowest BCUT2D eigenvalue weighted by molar-refractivity contribution is 0.267. The smallest absolute Gasteiger partial charge is 0.265 e. The van der Waals surface area contributed by atoms with Gasteiger partial charge in [-0.15, -0.1) is 0 Å². The van der Waals surface area contributed by atoms with E-state index in [2.05, 4.69) is 0 Å². The average molecular weight is 237 g/mol. The molecule has 4 heteroatoms. The fraction of sp³-hybridized carbons (Fsp3) is 0.182. The van der Waals surface area contributed by atoms with E-state index in [1.54, 1.807) is 4.90 Å². The van der Waals surface area contributed by atoms with Gasteiger partial charge in [0.1, 0.15) is 0 Å². The van der Waals surface area contributed by atoms with E-state index in [1.807, 2.05) is 44.2 Å². The molecule has 1 saturated heterocycles. The summed E-state index contributed by atoms with van der Waals surface area (Å²) in [5, 5.41) is 1.12. The molecule has 1 aliphatic heterocycles. The number of nitrogens with zero attached hydrogens (tertiary/aromatic N) is 1. The molecule has 0 saturated carbocycles. The predicted octanol–water partition coefficient (Wildman–Crippen LogP) is 4.26. The maximum absolute atomic E-state index is 11.7. The summed E-state index contributed by atoms with van der Waals surface area (Å²) in [7, 11) is 2.82. The Morgan fingerprint density at radius 2 is 1.80 bits per heavy atom. The summed E-state index contributed by atoms with van der Waals surface area (Å²) < 4.78 is 0. The fourth-order valence-corrected chi connectivity index (χ4v) is 3.65. The van der Waals surface area contributed by atoms with Gasteiger partial charge in [0, 0.05) is 10.8 Å². The van der Waals surface area contributed by atoms with Gasteiger partial charge in [-0.05, 0) is 42.3 Å². The minimum absolute atomic E-state index is 0.0856. The molecular weight excluding hydrogens is 226 g/mol. The van der Waals surface area contributed by atoms with Gasteiger partial charge in [-0.1, -0.05) is 18.2 Å². The van der Waals surface area contributed by atoms with Crippen LogP contribution in [-0.4, -0.2) is 5.24 Å². The zero-order chi connectivity index (χ0) is 10.8. The summed E-state index contributed by atoms with van der Waals surface area (Å²) in [6, 6.07) is 9.74. The van der Waals surface area contributed by atoms with Gasteiger partial charge in [-0.3, -0.25) is 9.69 Å². The molecule has 0 radical (unpaired) electrons. The van der Waals surface area contributed by atoms with Gasteiger partial charge in [0.2, 0.25) is 0 Å². The first-order chi connectivity index (χ1) is 7.20. The standard InChI is InChI=1S/C11H11NOS2/c1-8(2)10-12(11(13)15-14-10)9-6-4-3-5-7-9/h3-7H,1-2H3. The summed E-state index contributed by atoms with van der Waals surface area (Å²) >= 11 is 0. The van der Waals surface area contributed by atoms with Gasteiger partial charge in [0.25, 0.3) is 0 Å². The van der Waals surface area contributed by atoms with Gasteiger partial charge in [0.05, 0.1) is 10.7 Å². The van der Waals surface area contributed by atoms with Crippen LogP contribution in [0.15, 0.2) is 40.9 Å². The van der Waals surface area contributed by atoms with Gasteiger partial charge < -0.3 is 0 Å². The number of anilines is 1. The van der Waals surface area contributed by atoms with Crippen molar-refractivity contribution in [2.45, 2.75) is 13.8 Å². The van der Waals surface area contributed by atoms with Crippen molar-refractivity contribution in [3.05, 3.63) is 40.9 Å². The Bertz CT molecular complexity index is 410. The van der Waals surface area contributed by atoms with Crippen LogP contribution in [0, 0.1) is 0 Å². The SMILES string of the molecule is CC(C)=C1SSC(=O)N1c1ccccc1. The van der Waals surface area contributed by atoms with Crippen LogP contribution in [-0.2, 0) is 0 Å². The van der Waals surface area contributed by atoms with E-state index in [4.69, 9.17) is 0 Å². The molecule has 0 bridgehead atoms. The highest BCUT2D eigenvalue weighted by Gasteiger charge is 2.29. The quantitative estimate of drug-likeness (QED) is 0.681. The van der Waals surface area contributed by atoms with Crippen molar-refractivity contribution in [1.82, 2.24) is 0 Å². The second-order valence-corrected chi connectivity index (χ2v) is 5.48. The van der Waals surface area contributed by atoms with Crippen LogP contribution in [0.25, 0.3) is 0 Å². The Morgan fingerprint density at radius 1 is 1.13 bits per heavy atom. The van der Waals surface area contributed by atoms with Crippen molar-refractivity contribution in [3.63, 3.8) is 0 Å². The number of allylic oxidation sites excluding steroid dienone is 1. The summed E-state index contributed by atoms with van der Waals surface area (Å²) in [6.45, 7) is 4.05. The van der Waals surface area contributed by atoms with Crippen LogP contribution < -0.4 is 4.90 Å². The molecule has 1 aromatic rings. The molecule has 0 unspecified atom stereocenters. The second kappa shape index (κ2) is 4.33. The first-order valence-corrected chi connectivity index (χ1v) is 6.76. The molecule has 1 aliphatic rings. The van der Waals surface area contributed by atoms with Crippen molar-refractivity contribution in [2.75, 3.05) is 4.90 Å². The van der Waals surface area contributed by atoms with Crippen LogP contribution in [0.3, 0.4) is 0 Å². The molecule has 1 aromatic carbocycles. The maximum Gasteiger partial charge on any atom is 0.302 e. The van der Waals surface area contributed by atoms with E-state index in [0.29, 0.717) is 0 Å². The lowest BCUT2D eigenvalue weighted by atomic mass is 10.3. The van der Waals surface area contributed by atoms with Gasteiger partial charge in [-0.25, -0.2) is 0 Å². The maximum atomic E-state index is 11.7. The number of carbonyl (C=O) groups is 1. The van der Waals surface area contributed by atoms with Crippen molar-refractivity contribution >= 4 is 32.5 Å². The third-order valence-electron chi connectivity index (χ3n) is 2.02. The van der Waals surface area contributed by atoms with Crippen LogP contribution in [0.4, 0.5) is 10.5 Å². The molecule has 1 amide bonds. The van der Waals surface area contributed by atoms with Crippen molar-refractivity contribution in [2.24, 2.45) is 0 Å². The summed E-state index contributed by atoms with van der Waals surface area (Å²) in [6.07, 6.45) is 0. The molecule has 15 heavy (non-hydrogen) atoms. The number of amides is 1. The highest BCUT2D eigenvalue weighted by Crippen LogP contribution is 2.46. The highest BCUT2D eigenvalue weighted by molar-refractivity contribution is 8.84. The number of rotatable bonds is 1. The van der Waals surface area contributed by atoms with E-state index >= 15 is 0 Å². The Kier molecular flexibility index (Phi) is 3.07. The zero-order valence-electron chi connectivity index (χ0n) is 8.56. The Balaban J connectivity index is 2.43. The van der Waals surface area contributed by atoms with Gasteiger partial charge in [-0.2, -0.15) is 0 Å². The van der Waals surface area contributed by atoms with Crippen LogP contribution in [0.5, 0.6) is 0 Å². The Morgan fingerprint density at radius 3 is 2.40 bits per heavy atom. The first-order valence-electron chi connectivity index (χ1n) is 4.61. The number of para-hydroxylation sites is 1. The number of benzene rings is 1. The third kappa shape index (κ3) is 2.06. The topological polar surface area (TPSA) is 20.3 Å². The number of hydrogen-bond donors (Lipinski definition) is 0. The van der Waals surface area contributed by atoms with Crippen molar-refractivity contribution < 1.29 is 4.79 Å². The first kappa shape index (κ1) is 10.6. The summed E-state index contributed by atoms with van der Waals surface area (Å²) in [4.78, 5) is 13.5. The monoisotopic (exact) mass is 237 g/mol. The van der Waals surface area contributed by atoms with E-state index in [1.165, 1.54) is 27.2 Å². The molecule has 0 aliphatic carbocycles. The van der Waals surface area contributed by atoms with Crippen molar-refractivity contribution in [1.29, 1.82) is 0 Å². The molecule has 2 nitrogen and oxygen atoms in total. The molecular formula is C11H11NOS2. The molecule has 1 fully saturated rings. The zero-order valence-corrected chi connectivity index (χ0v) is 10.2. The Hall–Kier alpha value is -0.870. The highest BCUT2D eigenvalue weighted by atomic mass is 33.1. The van der Waals surface area contributed by atoms with Gasteiger partial charge >= 0.3 is 5.24 Å². The molecule has 2 rings (SSSR count). The van der Waals surface area contributed by atoms with E-state index in [0.717, 1.165) is 10.7 Å². The lowest BCUT2D eigenvalue weighted by Gasteiger charge is -2.16. The average Bonchev–Trinajstić information content (AvgIpc) is 2.61. The molecule has 78 valence electrons. The third-order valence-corrected chi connectivity index (χ3v) is 4.33. The van der Waals surface area contributed by atoms with E-state index in [9.17, 15) is 4.79 Å². The minimum atomic E-state index is 0.0856. The number of hydrogen-bond acceptors (Lipinski definition) is 3. The van der Waals surface area contributed by atoms with Gasteiger partial charge in [0.15, 0.2) is 0 Å². The summed E-state index contributed by atoms with van der Waals surface area (Å²) in [5.74, 6) is 0. The number of carbonyl (C=O) groups excluding carboxylic acids is 1. The fourth-order valence-electron chi connectivity index (χ4n) is 1.34. The lowest BCUT2D eigenvalue weighted by Crippen LogP contribution is -2.20. The van der Waals surface area contributed by atoms with Crippen LogP contribution in [0.1, 0.15) is 13.8 Å². The van der Waals surface area contributed by atoms with E-state index in [-0.39, 0.29) is 5.24 Å². The molecule has 0 spiro atoms. The molecule has 0 aromatic heterocycles. The molecule has 0 atom stereocenters. The molecule has 0 N–H and O–H groups in total. The Labute approximate surface area is 97.1 Å². The predicted molar refractivity (Wildman–Crippen MR) is 67.9 cm³/mol. The summed E-state index contributed by atoms with van der Waals surface area (Å²) in [5.41, 5.74) is 2.11. The van der Waals surface area contributed by atoms with E-state index < -0.39 is 0 Å². The minimum Gasteiger partial charge on any atom is -0.265 e. The largest absolute Gasteiger partial charge is 0.302 e. The van der Waals surface area contributed by atoms with Crippen molar-refractivity contribution in [3.8, 4) is 0 Å². The van der Waals surface area contributed by atoms with Crippen LogP contribution in [0.2, 0.25) is 0 Å². The molecule has 1 heterocycles.